The van der Waals surface area contributed by atoms with E-state index in [1.807, 2.05) is 42.5 Å². The minimum atomic E-state index is 0. The molecule has 5 heteroatoms. The summed E-state index contributed by atoms with van der Waals surface area (Å²) in [5, 5.41) is 3.24. The first-order chi connectivity index (χ1) is 14.8. The van der Waals surface area contributed by atoms with E-state index in [1.54, 1.807) is 0 Å². The SMILES string of the molecule is Cl.O=C(NCC1CCCCC1)C1CCN(Cc2ccc(Oc3ccccc3)cc2)CC1. The summed E-state index contributed by atoms with van der Waals surface area (Å²) in [6, 6.07) is 18.2. The second-order valence-electron chi connectivity index (χ2n) is 8.86. The van der Waals surface area contributed by atoms with Crippen LogP contribution in [-0.2, 0) is 11.3 Å². The Morgan fingerprint density at radius 1 is 0.871 bits per heavy atom. The molecule has 1 N–H and O–H groups in total. The number of nitrogens with one attached hydrogen (secondary N) is 1. The van der Waals surface area contributed by atoms with Gasteiger partial charge in [0.25, 0.3) is 0 Å². The molecule has 0 aromatic heterocycles. The van der Waals surface area contributed by atoms with Crippen molar-refractivity contribution in [3.05, 3.63) is 60.2 Å². The fourth-order valence-electron chi connectivity index (χ4n) is 4.68. The van der Waals surface area contributed by atoms with Crippen LogP contribution in [0.3, 0.4) is 0 Å². The number of likely N-dealkylation sites (tertiary alicyclic amines) is 1. The Hall–Kier alpha value is -2.04. The van der Waals surface area contributed by atoms with Gasteiger partial charge in [-0.05, 0) is 74.5 Å². The molecule has 4 rings (SSSR count). The summed E-state index contributed by atoms with van der Waals surface area (Å²) in [6.45, 7) is 3.80. The van der Waals surface area contributed by atoms with Crippen molar-refractivity contribution in [1.82, 2.24) is 10.2 Å². The van der Waals surface area contributed by atoms with Crippen LogP contribution in [0.25, 0.3) is 0 Å². The van der Waals surface area contributed by atoms with Crippen LogP contribution in [0.2, 0.25) is 0 Å². The molecular formula is C26H35ClN2O2. The van der Waals surface area contributed by atoms with Crippen molar-refractivity contribution < 1.29 is 9.53 Å². The topological polar surface area (TPSA) is 41.6 Å². The standard InChI is InChI=1S/C26H34N2O2.ClH/c29-26(27-19-21-7-3-1-4-8-21)23-15-17-28(18-16-23)20-22-11-13-25(14-12-22)30-24-9-5-2-6-10-24;/h2,5-6,9-14,21,23H,1,3-4,7-8,15-20H2,(H,27,29);1H. The molecule has 4 nitrogen and oxygen atoms in total. The fraction of sp³-hybridized carbons (Fsp3) is 0.500. The predicted octanol–water partition coefficient (Wildman–Crippen LogP) is 5.81. The van der Waals surface area contributed by atoms with E-state index in [4.69, 9.17) is 4.74 Å². The number of amides is 1. The zero-order chi connectivity index (χ0) is 20.6. The minimum Gasteiger partial charge on any atom is -0.457 e. The van der Waals surface area contributed by atoms with Gasteiger partial charge in [-0.1, -0.05) is 49.6 Å². The molecule has 0 radical (unpaired) electrons. The third-order valence-corrected chi connectivity index (χ3v) is 6.56. The van der Waals surface area contributed by atoms with Gasteiger partial charge in [-0.3, -0.25) is 9.69 Å². The quantitative estimate of drug-likeness (QED) is 0.588. The Balaban J connectivity index is 0.00000272. The molecule has 1 saturated heterocycles. The number of carbonyl (C=O) groups excluding carboxylic acids is 1. The van der Waals surface area contributed by atoms with Gasteiger partial charge in [0.2, 0.25) is 5.91 Å². The molecule has 1 aliphatic heterocycles. The van der Waals surface area contributed by atoms with Crippen molar-refractivity contribution in [2.75, 3.05) is 19.6 Å². The first kappa shape index (κ1) is 23.6. The Morgan fingerprint density at radius 3 is 2.19 bits per heavy atom. The molecule has 2 aromatic carbocycles. The second kappa shape index (κ2) is 12.1. The first-order valence-electron chi connectivity index (χ1n) is 11.6. The second-order valence-corrected chi connectivity index (χ2v) is 8.86. The van der Waals surface area contributed by atoms with Crippen LogP contribution >= 0.6 is 12.4 Å². The number of rotatable bonds is 7. The highest BCUT2D eigenvalue weighted by Gasteiger charge is 2.25. The number of piperidine rings is 1. The van der Waals surface area contributed by atoms with Crippen molar-refractivity contribution in [1.29, 1.82) is 0 Å². The molecular weight excluding hydrogens is 408 g/mol. The maximum Gasteiger partial charge on any atom is 0.223 e. The van der Waals surface area contributed by atoms with Gasteiger partial charge in [0.1, 0.15) is 11.5 Å². The molecule has 1 heterocycles. The van der Waals surface area contributed by atoms with Crippen molar-refractivity contribution >= 4 is 18.3 Å². The maximum atomic E-state index is 12.5. The number of nitrogens with zero attached hydrogens (tertiary/aromatic N) is 1. The molecule has 31 heavy (non-hydrogen) atoms. The Morgan fingerprint density at radius 2 is 1.52 bits per heavy atom. The van der Waals surface area contributed by atoms with Gasteiger partial charge in [-0.2, -0.15) is 0 Å². The van der Waals surface area contributed by atoms with E-state index in [0.29, 0.717) is 5.92 Å². The van der Waals surface area contributed by atoms with Gasteiger partial charge in [0, 0.05) is 19.0 Å². The van der Waals surface area contributed by atoms with Crippen LogP contribution in [0.1, 0.15) is 50.5 Å². The number of ether oxygens (including phenoxy) is 1. The van der Waals surface area contributed by atoms with Gasteiger partial charge in [-0.25, -0.2) is 0 Å². The first-order valence-corrected chi connectivity index (χ1v) is 11.6. The summed E-state index contributed by atoms with van der Waals surface area (Å²) in [5.41, 5.74) is 1.29. The van der Waals surface area contributed by atoms with E-state index < -0.39 is 0 Å². The lowest BCUT2D eigenvalue weighted by Crippen LogP contribution is -2.41. The van der Waals surface area contributed by atoms with Crippen molar-refractivity contribution in [2.24, 2.45) is 11.8 Å². The summed E-state index contributed by atoms with van der Waals surface area (Å²) >= 11 is 0. The van der Waals surface area contributed by atoms with Crippen LogP contribution in [0.15, 0.2) is 54.6 Å². The molecule has 0 bridgehead atoms. The number of benzene rings is 2. The van der Waals surface area contributed by atoms with Crippen molar-refractivity contribution in [2.45, 2.75) is 51.5 Å². The lowest BCUT2D eigenvalue weighted by molar-refractivity contribution is -0.126. The zero-order valence-electron chi connectivity index (χ0n) is 18.3. The number of para-hydroxylation sites is 1. The van der Waals surface area contributed by atoms with Gasteiger partial charge < -0.3 is 10.1 Å². The lowest BCUT2D eigenvalue weighted by Gasteiger charge is -2.32. The summed E-state index contributed by atoms with van der Waals surface area (Å²) in [5.74, 6) is 2.89. The van der Waals surface area contributed by atoms with Gasteiger partial charge in [0.15, 0.2) is 0 Å². The van der Waals surface area contributed by atoms with Crippen molar-refractivity contribution in [3.8, 4) is 11.5 Å². The molecule has 0 unspecified atom stereocenters. The molecule has 1 saturated carbocycles. The van der Waals surface area contributed by atoms with Gasteiger partial charge in [-0.15, -0.1) is 12.4 Å². The normalized spacial score (nSPS) is 18.2. The van der Waals surface area contributed by atoms with Gasteiger partial charge >= 0.3 is 0 Å². The van der Waals surface area contributed by atoms with Crippen LogP contribution in [-0.4, -0.2) is 30.4 Å². The van der Waals surface area contributed by atoms with E-state index in [2.05, 4.69) is 22.3 Å². The third kappa shape index (κ3) is 7.26. The molecule has 2 aromatic rings. The molecule has 2 fully saturated rings. The molecule has 168 valence electrons. The maximum absolute atomic E-state index is 12.5. The van der Waals surface area contributed by atoms with Gasteiger partial charge in [0.05, 0.1) is 0 Å². The third-order valence-electron chi connectivity index (χ3n) is 6.56. The van der Waals surface area contributed by atoms with E-state index in [-0.39, 0.29) is 24.2 Å². The average Bonchev–Trinajstić information content (AvgIpc) is 2.81. The molecule has 1 aliphatic carbocycles. The molecule has 0 atom stereocenters. The van der Waals surface area contributed by atoms with Crippen LogP contribution in [0.4, 0.5) is 0 Å². The number of hydrogen-bond acceptors (Lipinski definition) is 3. The molecule has 2 aliphatic rings. The van der Waals surface area contributed by atoms with E-state index in [9.17, 15) is 4.79 Å². The highest BCUT2D eigenvalue weighted by Crippen LogP contribution is 2.25. The van der Waals surface area contributed by atoms with E-state index in [1.165, 1.54) is 37.7 Å². The number of halogens is 1. The lowest BCUT2D eigenvalue weighted by atomic mass is 9.89. The minimum absolute atomic E-state index is 0. The smallest absolute Gasteiger partial charge is 0.223 e. The largest absolute Gasteiger partial charge is 0.457 e. The zero-order valence-corrected chi connectivity index (χ0v) is 19.1. The number of carbonyl (C=O) groups is 1. The van der Waals surface area contributed by atoms with Crippen molar-refractivity contribution in [3.63, 3.8) is 0 Å². The predicted molar refractivity (Wildman–Crippen MR) is 128 cm³/mol. The Labute approximate surface area is 192 Å². The highest BCUT2D eigenvalue weighted by atomic mass is 35.5. The summed E-state index contributed by atoms with van der Waals surface area (Å²) in [4.78, 5) is 15.0. The molecule has 0 spiro atoms. The summed E-state index contributed by atoms with van der Waals surface area (Å²) < 4.78 is 5.87. The number of hydrogen-bond donors (Lipinski definition) is 1. The Bertz CT molecular complexity index is 783. The fourth-order valence-corrected chi connectivity index (χ4v) is 4.68. The molecule has 1 amide bonds. The van der Waals surface area contributed by atoms with E-state index >= 15 is 0 Å². The van der Waals surface area contributed by atoms with Crippen LogP contribution in [0.5, 0.6) is 11.5 Å². The highest BCUT2D eigenvalue weighted by molar-refractivity contribution is 5.85. The van der Waals surface area contributed by atoms with Crippen LogP contribution in [0, 0.1) is 11.8 Å². The summed E-state index contributed by atoms with van der Waals surface area (Å²) in [6.07, 6.45) is 8.53. The average molecular weight is 443 g/mol. The summed E-state index contributed by atoms with van der Waals surface area (Å²) in [7, 11) is 0. The van der Waals surface area contributed by atoms with E-state index in [0.717, 1.165) is 50.5 Å². The monoisotopic (exact) mass is 442 g/mol. The van der Waals surface area contributed by atoms with Crippen LogP contribution < -0.4 is 10.1 Å². The Kier molecular flexibility index (Phi) is 9.23.